The van der Waals surface area contributed by atoms with E-state index in [-0.39, 0.29) is 15.8 Å². The molecule has 1 N–H and O–H groups in total. The minimum absolute atomic E-state index is 0. The van der Waals surface area contributed by atoms with Crippen LogP contribution in [-0.4, -0.2) is 18.2 Å². The third-order valence-electron chi connectivity index (χ3n) is 0.0823. The molecular formula is C2H6O6. The zero-order valence-corrected chi connectivity index (χ0v) is 3.64. The SMILES string of the molecule is O=COO.O=CO[O-].[H+].[HH]. The van der Waals surface area contributed by atoms with E-state index in [0.717, 1.165) is 0 Å². The summed E-state index contributed by atoms with van der Waals surface area (Å²) in [7, 11) is 0. The second kappa shape index (κ2) is 16.9. The van der Waals surface area contributed by atoms with E-state index in [1.807, 2.05) is 0 Å². The van der Waals surface area contributed by atoms with Crippen molar-refractivity contribution in [3.63, 3.8) is 0 Å². The molecule has 0 rings (SSSR count). The van der Waals surface area contributed by atoms with Crippen molar-refractivity contribution in [3.8, 4) is 0 Å². The molecule has 0 aliphatic heterocycles. The molecule has 0 bridgehead atoms. The van der Waals surface area contributed by atoms with Crippen LogP contribution in [0.4, 0.5) is 0 Å². The minimum atomic E-state index is -0.181. The first-order valence-corrected chi connectivity index (χ1v) is 1.29. The molecule has 0 atom stereocenters. The zero-order chi connectivity index (χ0) is 6.83. The normalized spacial score (nSPS) is 5.25. The van der Waals surface area contributed by atoms with Crippen LogP contribution in [0, 0.1) is 0 Å². The average molecular weight is 126 g/mol. The molecule has 0 amide bonds. The highest BCUT2D eigenvalue weighted by molar-refractivity contribution is 5.35. The molecule has 0 fully saturated rings. The predicted octanol–water partition coefficient (Wildman–Crippen LogP) is -1.57. The number of hydrogen-bond acceptors (Lipinski definition) is 6. The van der Waals surface area contributed by atoms with E-state index in [1.165, 1.54) is 0 Å². The second-order valence-corrected chi connectivity index (χ2v) is 0.394. The Balaban J connectivity index is -0.0000000300. The first-order valence-electron chi connectivity index (χ1n) is 1.29. The number of rotatable bonds is 2. The summed E-state index contributed by atoms with van der Waals surface area (Å²) in [6.45, 7) is -0.250. The number of carbonyl (C=O) groups is 2. The second-order valence-electron chi connectivity index (χ2n) is 0.394. The summed E-state index contributed by atoms with van der Waals surface area (Å²) in [6.07, 6.45) is 0. The van der Waals surface area contributed by atoms with Crippen LogP contribution < -0.4 is 5.26 Å². The Bertz CT molecular complexity index is 49.7. The van der Waals surface area contributed by atoms with Crippen molar-refractivity contribution in [2.45, 2.75) is 0 Å². The molecule has 0 aromatic heterocycles. The zero-order valence-electron chi connectivity index (χ0n) is 4.64. The molecule has 0 aliphatic rings. The summed E-state index contributed by atoms with van der Waals surface area (Å²) in [5.74, 6) is 0. The molecule has 0 radical (unpaired) electrons. The summed E-state index contributed by atoms with van der Waals surface area (Å²) in [5, 5.41) is 15.4. The Morgan fingerprint density at radius 3 is 1.88 bits per heavy atom. The number of hydrogen-bond donors (Lipinski definition) is 1. The van der Waals surface area contributed by atoms with Gasteiger partial charge in [0.25, 0.3) is 6.47 Å². The Morgan fingerprint density at radius 2 is 1.88 bits per heavy atom. The van der Waals surface area contributed by atoms with Crippen LogP contribution in [-0.2, 0) is 19.4 Å². The molecule has 0 unspecified atom stereocenters. The van der Waals surface area contributed by atoms with Gasteiger partial charge in [0.15, 0.2) is 0 Å². The van der Waals surface area contributed by atoms with Gasteiger partial charge in [0.2, 0.25) is 0 Å². The highest BCUT2D eigenvalue weighted by atomic mass is 17.1. The Hall–Kier alpha value is -1.14. The lowest BCUT2D eigenvalue weighted by Gasteiger charge is -1.88. The summed E-state index contributed by atoms with van der Waals surface area (Å²) in [5.41, 5.74) is 0. The lowest BCUT2D eigenvalue weighted by Crippen LogP contribution is -2.00. The highest BCUT2D eigenvalue weighted by Gasteiger charge is 1.47. The van der Waals surface area contributed by atoms with Crippen molar-refractivity contribution < 1.29 is 32.7 Å². The van der Waals surface area contributed by atoms with Crippen LogP contribution in [0.2, 0.25) is 0 Å². The smallest absolute Gasteiger partial charge is 0.662 e. The van der Waals surface area contributed by atoms with Crippen molar-refractivity contribution in [2.75, 3.05) is 0 Å². The van der Waals surface area contributed by atoms with Crippen LogP contribution >= 0.6 is 0 Å². The molecule has 0 saturated carbocycles. The van der Waals surface area contributed by atoms with Gasteiger partial charge in [-0.1, -0.05) is 0 Å². The van der Waals surface area contributed by atoms with Gasteiger partial charge in [-0.3, -0.25) is 9.59 Å². The maximum Gasteiger partial charge on any atom is 1.00 e. The molecule has 6 heteroatoms. The van der Waals surface area contributed by atoms with Crippen LogP contribution in [0.1, 0.15) is 2.85 Å². The predicted molar refractivity (Wildman–Crippen MR) is 20.2 cm³/mol. The monoisotopic (exact) mass is 126 g/mol. The third kappa shape index (κ3) is 97.9. The van der Waals surface area contributed by atoms with Crippen LogP contribution in [0.15, 0.2) is 0 Å². The van der Waals surface area contributed by atoms with Gasteiger partial charge in [0.05, 0.1) is 0 Å². The lowest BCUT2D eigenvalue weighted by atomic mass is 11.7. The van der Waals surface area contributed by atoms with E-state index < -0.39 is 0 Å². The van der Waals surface area contributed by atoms with E-state index in [9.17, 15) is 0 Å². The summed E-state index contributed by atoms with van der Waals surface area (Å²) < 4.78 is 0. The Labute approximate surface area is 47.1 Å². The number of carbonyl (C=O) groups excluding carboxylic acids is 2. The van der Waals surface area contributed by atoms with Gasteiger partial charge in [-0.15, -0.1) is 0 Å². The lowest BCUT2D eigenvalue weighted by molar-refractivity contribution is -0.652. The Morgan fingerprint density at radius 1 is 1.62 bits per heavy atom. The molecule has 0 aromatic rings. The minimum Gasteiger partial charge on any atom is -0.662 e. The van der Waals surface area contributed by atoms with Crippen LogP contribution in [0.25, 0.3) is 0 Å². The van der Waals surface area contributed by atoms with Crippen molar-refractivity contribution in [3.05, 3.63) is 0 Å². The van der Waals surface area contributed by atoms with Crippen molar-refractivity contribution >= 4 is 12.9 Å². The summed E-state index contributed by atoms with van der Waals surface area (Å²) in [6, 6.07) is 0. The Kier molecular flexibility index (Phi) is 21.1. The molecule has 8 heavy (non-hydrogen) atoms. The molecule has 0 heterocycles. The van der Waals surface area contributed by atoms with E-state index in [1.54, 1.807) is 0 Å². The van der Waals surface area contributed by atoms with E-state index >= 15 is 0 Å². The fraction of sp³-hybridized carbons (Fsp3) is 0. The van der Waals surface area contributed by atoms with Crippen molar-refractivity contribution in [1.29, 1.82) is 0 Å². The first-order chi connectivity index (χ1) is 3.83. The molecule has 6 nitrogen and oxygen atoms in total. The van der Waals surface area contributed by atoms with Gasteiger partial charge in [0.1, 0.15) is 0 Å². The fourth-order valence-corrected chi connectivity index (χ4v) is 0. The van der Waals surface area contributed by atoms with Gasteiger partial charge >= 0.3 is 7.90 Å². The molecule has 50 valence electrons. The van der Waals surface area contributed by atoms with Crippen molar-refractivity contribution in [2.24, 2.45) is 0 Å². The van der Waals surface area contributed by atoms with E-state index in [2.05, 4.69) is 9.78 Å². The van der Waals surface area contributed by atoms with Gasteiger partial charge in [-0.05, 0) is 0 Å². The first kappa shape index (κ1) is 9.97. The molecule has 0 aromatic carbocycles. The molecule has 0 saturated heterocycles. The van der Waals surface area contributed by atoms with Crippen LogP contribution in [0.5, 0.6) is 0 Å². The summed E-state index contributed by atoms with van der Waals surface area (Å²) in [4.78, 5) is 22.8. The van der Waals surface area contributed by atoms with Crippen LogP contribution in [0.3, 0.4) is 0 Å². The van der Waals surface area contributed by atoms with Crippen molar-refractivity contribution in [1.82, 2.24) is 0 Å². The quantitative estimate of drug-likeness (QED) is 0.272. The molecular weight excluding hydrogens is 120 g/mol. The van der Waals surface area contributed by atoms with E-state index in [0.29, 0.717) is 0 Å². The average Bonchev–Trinajstić information content (AvgIpc) is 1.88. The maximum absolute atomic E-state index is 8.70. The van der Waals surface area contributed by atoms with Gasteiger partial charge in [0, 0.05) is 1.43 Å². The van der Waals surface area contributed by atoms with Gasteiger partial charge < -0.3 is 15.0 Å². The fourth-order valence-electron chi connectivity index (χ4n) is 0. The van der Waals surface area contributed by atoms with Gasteiger partial charge in [-0.2, -0.15) is 0 Å². The summed E-state index contributed by atoms with van der Waals surface area (Å²) >= 11 is 0. The van der Waals surface area contributed by atoms with E-state index in [4.69, 9.17) is 20.1 Å². The standard InChI is InChI=1S/2CH2O3.H2/c2*2-1-4-3;/h2*1,3H;1H. The molecule has 0 aliphatic carbocycles. The van der Waals surface area contributed by atoms with Gasteiger partial charge in [-0.25, -0.2) is 5.26 Å². The largest absolute Gasteiger partial charge is 1.00 e. The molecule has 0 spiro atoms. The maximum atomic E-state index is 8.70. The third-order valence-corrected chi connectivity index (χ3v) is 0.0823. The topological polar surface area (TPSA) is 95.9 Å². The highest BCUT2D eigenvalue weighted by Crippen LogP contribution is 1.33.